The van der Waals surface area contributed by atoms with Crippen LogP contribution < -0.4 is 0 Å². The van der Waals surface area contributed by atoms with Gasteiger partial charge in [0.15, 0.2) is 0 Å². The van der Waals surface area contributed by atoms with Crippen LogP contribution in [0.4, 0.5) is 0 Å². The fourth-order valence-corrected chi connectivity index (χ4v) is 6.59. The molecule has 1 heterocycles. The topological polar surface area (TPSA) is 38.1 Å². The second kappa shape index (κ2) is 10.2. The van der Waals surface area contributed by atoms with Gasteiger partial charge in [-0.05, 0) is 87.8 Å². The van der Waals surface area contributed by atoms with Gasteiger partial charge in [0.2, 0.25) is 5.91 Å². The van der Waals surface area contributed by atoms with Crippen molar-refractivity contribution in [2.24, 2.45) is 5.92 Å². The number of fused-ring (bicyclic) bond motifs is 1. The first-order chi connectivity index (χ1) is 16.2. The summed E-state index contributed by atoms with van der Waals surface area (Å²) in [5.41, 5.74) is 3.85. The Kier molecular flexibility index (Phi) is 7.08. The summed E-state index contributed by atoms with van der Waals surface area (Å²) in [6, 6.07) is 7.41. The molecule has 0 unspecified atom stereocenters. The fourth-order valence-electron chi connectivity index (χ4n) is 6.59. The minimum Gasteiger partial charge on any atom is -0.340 e. The van der Waals surface area contributed by atoms with Crippen molar-refractivity contribution in [3.05, 3.63) is 29.6 Å². The van der Waals surface area contributed by atoms with Gasteiger partial charge in [0.1, 0.15) is 5.82 Å². The van der Waals surface area contributed by atoms with Crippen LogP contribution >= 0.6 is 0 Å². The van der Waals surface area contributed by atoms with E-state index in [1.54, 1.807) is 0 Å². The van der Waals surface area contributed by atoms with Crippen molar-refractivity contribution in [3.63, 3.8) is 0 Å². The number of nitrogens with zero attached hydrogens (tertiary/aromatic N) is 3. The van der Waals surface area contributed by atoms with Gasteiger partial charge in [-0.2, -0.15) is 0 Å². The average Bonchev–Trinajstić information content (AvgIpc) is 3.65. The molecule has 4 heteroatoms. The zero-order chi connectivity index (χ0) is 22.8. The molecule has 0 spiro atoms. The maximum Gasteiger partial charge on any atom is 0.224 e. The minimum absolute atomic E-state index is 0.335. The highest BCUT2D eigenvalue weighted by molar-refractivity contribution is 5.79. The molecule has 0 N–H and O–H groups in total. The minimum atomic E-state index is 0.335. The first kappa shape index (κ1) is 22.9. The molecule has 0 atom stereocenters. The van der Waals surface area contributed by atoms with Crippen molar-refractivity contribution in [2.75, 3.05) is 6.54 Å². The second-order valence-electron chi connectivity index (χ2n) is 11.0. The zero-order valence-corrected chi connectivity index (χ0v) is 20.9. The number of amides is 1. The molecule has 3 saturated carbocycles. The standard InChI is InChI=1S/C29H43N3O/c1-3-21-10-12-23(13-11-21)29-30-26-20-24(22-14-15-22)16-17-27(26)32(29)19-18-28(33)31(4-2)25-8-6-5-7-9-25/h16-17,20-23,25H,3-15,18-19H2,1-2H3/t21-,23-. The lowest BCUT2D eigenvalue weighted by atomic mass is 9.80. The van der Waals surface area contributed by atoms with E-state index in [1.807, 2.05) is 0 Å². The van der Waals surface area contributed by atoms with Crippen molar-refractivity contribution in [2.45, 2.75) is 122 Å². The van der Waals surface area contributed by atoms with Gasteiger partial charge in [0.25, 0.3) is 0 Å². The molecule has 1 aromatic heterocycles. The summed E-state index contributed by atoms with van der Waals surface area (Å²) >= 11 is 0. The third-order valence-corrected chi connectivity index (χ3v) is 8.87. The van der Waals surface area contributed by atoms with Crippen LogP contribution in [0.25, 0.3) is 11.0 Å². The van der Waals surface area contributed by atoms with Crippen LogP contribution in [0, 0.1) is 5.92 Å². The van der Waals surface area contributed by atoms with E-state index in [2.05, 4.69) is 41.5 Å². The van der Waals surface area contributed by atoms with Crippen LogP contribution in [-0.2, 0) is 11.3 Å². The molecule has 3 aliphatic carbocycles. The summed E-state index contributed by atoms with van der Waals surface area (Å²) in [7, 11) is 0. The van der Waals surface area contributed by atoms with Crippen molar-refractivity contribution in [1.82, 2.24) is 14.5 Å². The summed E-state index contributed by atoms with van der Waals surface area (Å²) < 4.78 is 2.43. The van der Waals surface area contributed by atoms with E-state index >= 15 is 0 Å². The number of carbonyl (C=O) groups is 1. The van der Waals surface area contributed by atoms with E-state index in [0.717, 1.165) is 30.4 Å². The van der Waals surface area contributed by atoms with Crippen LogP contribution in [0.5, 0.6) is 0 Å². The van der Waals surface area contributed by atoms with E-state index in [1.165, 1.54) is 94.0 Å². The Balaban J connectivity index is 1.37. The van der Waals surface area contributed by atoms with Crippen LogP contribution in [0.15, 0.2) is 18.2 Å². The maximum absolute atomic E-state index is 13.3. The number of benzene rings is 1. The van der Waals surface area contributed by atoms with Gasteiger partial charge in [-0.3, -0.25) is 4.79 Å². The predicted octanol–water partition coefficient (Wildman–Crippen LogP) is 7.17. The number of rotatable bonds is 8. The highest BCUT2D eigenvalue weighted by atomic mass is 16.2. The van der Waals surface area contributed by atoms with Crippen molar-refractivity contribution in [1.29, 1.82) is 0 Å². The van der Waals surface area contributed by atoms with Gasteiger partial charge in [-0.1, -0.05) is 38.7 Å². The molecule has 5 rings (SSSR count). The van der Waals surface area contributed by atoms with Crippen molar-refractivity contribution < 1.29 is 4.79 Å². The third kappa shape index (κ3) is 5.00. The van der Waals surface area contributed by atoms with Crippen molar-refractivity contribution >= 4 is 16.9 Å². The van der Waals surface area contributed by atoms with E-state index in [0.29, 0.717) is 24.3 Å². The smallest absolute Gasteiger partial charge is 0.224 e. The molecule has 0 aliphatic heterocycles. The molecular formula is C29H43N3O. The lowest BCUT2D eigenvalue weighted by Crippen LogP contribution is -2.41. The van der Waals surface area contributed by atoms with Crippen molar-refractivity contribution in [3.8, 4) is 0 Å². The van der Waals surface area contributed by atoms with E-state index < -0.39 is 0 Å². The zero-order valence-electron chi connectivity index (χ0n) is 20.9. The molecule has 0 saturated heterocycles. The first-order valence-corrected chi connectivity index (χ1v) is 14.0. The molecule has 1 aromatic carbocycles. The van der Waals surface area contributed by atoms with Gasteiger partial charge >= 0.3 is 0 Å². The number of carbonyl (C=O) groups excluding carboxylic acids is 1. The highest BCUT2D eigenvalue weighted by Crippen LogP contribution is 2.42. The number of hydrogen-bond acceptors (Lipinski definition) is 2. The van der Waals surface area contributed by atoms with E-state index in [4.69, 9.17) is 4.98 Å². The summed E-state index contributed by atoms with van der Waals surface area (Å²) in [5, 5.41) is 0. The van der Waals surface area contributed by atoms with Gasteiger partial charge in [-0.15, -0.1) is 0 Å². The molecule has 1 amide bonds. The summed E-state index contributed by atoms with van der Waals surface area (Å²) in [4.78, 5) is 20.7. The van der Waals surface area contributed by atoms with Gasteiger partial charge < -0.3 is 9.47 Å². The number of imidazole rings is 1. The Hall–Kier alpha value is -1.84. The number of hydrogen-bond donors (Lipinski definition) is 0. The first-order valence-electron chi connectivity index (χ1n) is 14.0. The fraction of sp³-hybridized carbons (Fsp3) is 0.724. The monoisotopic (exact) mass is 449 g/mol. The molecule has 0 radical (unpaired) electrons. The second-order valence-corrected chi connectivity index (χ2v) is 11.0. The van der Waals surface area contributed by atoms with Gasteiger partial charge in [0.05, 0.1) is 11.0 Å². The Bertz CT molecular complexity index is 945. The van der Waals surface area contributed by atoms with Gasteiger partial charge in [0, 0.05) is 31.5 Å². The molecular weight excluding hydrogens is 406 g/mol. The lowest BCUT2D eigenvalue weighted by molar-refractivity contribution is -0.134. The molecule has 0 bridgehead atoms. The van der Waals surface area contributed by atoms with Crippen LogP contribution in [0.1, 0.15) is 121 Å². The Morgan fingerprint density at radius 2 is 1.70 bits per heavy atom. The SMILES string of the molecule is CCN(C(=O)CCn1c2ccc(C3CC3)cc2nc1[C@H]1CC[C@H](CC)CC1)C1CCCCC1. The third-order valence-electron chi connectivity index (χ3n) is 8.87. The van der Waals surface area contributed by atoms with E-state index in [9.17, 15) is 4.79 Å². The van der Waals surface area contributed by atoms with Crippen LogP contribution in [0.2, 0.25) is 0 Å². The average molecular weight is 450 g/mol. The molecule has 3 aliphatic rings. The Morgan fingerprint density at radius 1 is 0.970 bits per heavy atom. The Labute approximate surface area is 200 Å². The Morgan fingerprint density at radius 3 is 2.36 bits per heavy atom. The predicted molar refractivity (Wildman–Crippen MR) is 136 cm³/mol. The molecule has 180 valence electrons. The highest BCUT2D eigenvalue weighted by Gasteiger charge is 2.29. The largest absolute Gasteiger partial charge is 0.340 e. The summed E-state index contributed by atoms with van der Waals surface area (Å²) in [6.45, 7) is 6.09. The number of aryl methyl sites for hydroxylation is 1. The number of aromatic nitrogens is 2. The normalized spacial score (nSPS) is 24.3. The van der Waals surface area contributed by atoms with Crippen LogP contribution in [-0.4, -0.2) is 32.9 Å². The summed E-state index contributed by atoms with van der Waals surface area (Å²) in [5.74, 6) is 3.76. The molecule has 2 aromatic rings. The van der Waals surface area contributed by atoms with Gasteiger partial charge in [-0.25, -0.2) is 4.98 Å². The molecule has 4 nitrogen and oxygen atoms in total. The molecule has 3 fully saturated rings. The summed E-state index contributed by atoms with van der Waals surface area (Å²) in [6.07, 6.45) is 15.9. The lowest BCUT2D eigenvalue weighted by Gasteiger charge is -2.34. The van der Waals surface area contributed by atoms with Crippen LogP contribution in [0.3, 0.4) is 0 Å². The maximum atomic E-state index is 13.3. The quantitative estimate of drug-likeness (QED) is 0.428. The molecule has 33 heavy (non-hydrogen) atoms. The van der Waals surface area contributed by atoms with E-state index in [-0.39, 0.29) is 0 Å².